The third-order valence-electron chi connectivity index (χ3n) is 5.07. The standard InChI is InChI=1S/C21H26N4O/c22-21(23)18-6-7-19(24-15-18)8-9-20(26)25-12-10-17(11-13-25)14-16-4-2-1-3-5-16/h1-7,15,17H,8-14H2,(H3,22,23). The summed E-state index contributed by atoms with van der Waals surface area (Å²) < 4.78 is 0. The van der Waals surface area contributed by atoms with Crippen molar-refractivity contribution in [3.8, 4) is 0 Å². The van der Waals surface area contributed by atoms with Crippen LogP contribution in [0.4, 0.5) is 0 Å². The summed E-state index contributed by atoms with van der Waals surface area (Å²) >= 11 is 0. The molecule has 3 rings (SSSR count). The Kier molecular flexibility index (Phi) is 6.00. The van der Waals surface area contributed by atoms with Crippen molar-refractivity contribution in [2.24, 2.45) is 11.7 Å². The lowest BCUT2D eigenvalue weighted by Gasteiger charge is -2.32. The van der Waals surface area contributed by atoms with Gasteiger partial charge in [0.25, 0.3) is 0 Å². The number of piperidine rings is 1. The maximum absolute atomic E-state index is 12.5. The molecule has 3 N–H and O–H groups in total. The minimum Gasteiger partial charge on any atom is -0.384 e. The minimum atomic E-state index is 0.0125. The van der Waals surface area contributed by atoms with E-state index >= 15 is 0 Å². The zero-order chi connectivity index (χ0) is 18.4. The predicted octanol–water partition coefficient (Wildman–Crippen LogP) is 2.78. The molecule has 1 aromatic carbocycles. The molecule has 1 amide bonds. The summed E-state index contributed by atoms with van der Waals surface area (Å²) in [5.74, 6) is 0.890. The van der Waals surface area contributed by atoms with Gasteiger partial charge in [-0.15, -0.1) is 0 Å². The van der Waals surface area contributed by atoms with Gasteiger partial charge in [-0.3, -0.25) is 15.2 Å². The van der Waals surface area contributed by atoms with Crippen molar-refractivity contribution >= 4 is 11.7 Å². The third kappa shape index (κ3) is 4.91. The van der Waals surface area contributed by atoms with Gasteiger partial charge in [0.15, 0.2) is 0 Å². The Morgan fingerprint density at radius 2 is 1.88 bits per heavy atom. The summed E-state index contributed by atoms with van der Waals surface area (Å²) in [7, 11) is 0. The number of nitrogens with one attached hydrogen (secondary N) is 1. The van der Waals surface area contributed by atoms with Crippen molar-refractivity contribution in [1.29, 1.82) is 5.41 Å². The summed E-state index contributed by atoms with van der Waals surface area (Å²) in [5, 5.41) is 7.37. The molecule has 1 saturated heterocycles. The second-order valence-electron chi connectivity index (χ2n) is 6.97. The Hall–Kier alpha value is -2.69. The molecule has 0 unspecified atom stereocenters. The van der Waals surface area contributed by atoms with Gasteiger partial charge < -0.3 is 10.6 Å². The summed E-state index contributed by atoms with van der Waals surface area (Å²) in [5.41, 5.74) is 8.29. The first-order valence-electron chi connectivity index (χ1n) is 9.23. The van der Waals surface area contributed by atoms with E-state index in [4.69, 9.17) is 11.1 Å². The number of likely N-dealkylation sites (tertiary alicyclic amines) is 1. The molecule has 0 aliphatic carbocycles. The van der Waals surface area contributed by atoms with Crippen LogP contribution in [-0.4, -0.2) is 34.7 Å². The fraction of sp³-hybridized carbons (Fsp3) is 0.381. The number of hydrogen-bond acceptors (Lipinski definition) is 3. The molecule has 26 heavy (non-hydrogen) atoms. The normalized spacial score (nSPS) is 15.0. The van der Waals surface area contributed by atoms with Gasteiger partial charge in [0, 0.05) is 37.0 Å². The highest BCUT2D eigenvalue weighted by molar-refractivity contribution is 5.94. The lowest BCUT2D eigenvalue weighted by Crippen LogP contribution is -2.39. The van der Waals surface area contributed by atoms with E-state index in [-0.39, 0.29) is 11.7 Å². The van der Waals surface area contributed by atoms with Crippen LogP contribution in [-0.2, 0) is 17.6 Å². The van der Waals surface area contributed by atoms with Crippen LogP contribution >= 0.6 is 0 Å². The van der Waals surface area contributed by atoms with Gasteiger partial charge in [-0.2, -0.15) is 0 Å². The van der Waals surface area contributed by atoms with Crippen molar-refractivity contribution in [1.82, 2.24) is 9.88 Å². The van der Waals surface area contributed by atoms with Crippen molar-refractivity contribution in [2.75, 3.05) is 13.1 Å². The Labute approximate surface area is 154 Å². The van der Waals surface area contributed by atoms with Crippen molar-refractivity contribution in [3.63, 3.8) is 0 Å². The van der Waals surface area contributed by atoms with E-state index in [2.05, 4.69) is 29.2 Å². The number of nitrogen functional groups attached to an aromatic ring is 1. The van der Waals surface area contributed by atoms with E-state index < -0.39 is 0 Å². The molecule has 0 saturated carbocycles. The van der Waals surface area contributed by atoms with Crippen LogP contribution in [0.15, 0.2) is 48.7 Å². The SMILES string of the molecule is N=C(N)c1ccc(CCC(=O)N2CCC(Cc3ccccc3)CC2)nc1. The lowest BCUT2D eigenvalue weighted by molar-refractivity contribution is -0.132. The number of hydrogen-bond donors (Lipinski definition) is 2. The number of rotatable bonds is 6. The Balaban J connectivity index is 1.42. The van der Waals surface area contributed by atoms with Crippen LogP contribution in [0.5, 0.6) is 0 Å². The molecule has 2 heterocycles. The fourth-order valence-corrected chi connectivity index (χ4v) is 3.46. The average Bonchev–Trinajstić information content (AvgIpc) is 2.68. The monoisotopic (exact) mass is 350 g/mol. The van der Waals surface area contributed by atoms with Crippen LogP contribution in [0.1, 0.15) is 36.1 Å². The van der Waals surface area contributed by atoms with Crippen LogP contribution in [0.3, 0.4) is 0 Å². The van der Waals surface area contributed by atoms with Crippen LogP contribution in [0.2, 0.25) is 0 Å². The zero-order valence-corrected chi connectivity index (χ0v) is 15.0. The van der Waals surface area contributed by atoms with Crippen LogP contribution < -0.4 is 5.73 Å². The number of carbonyl (C=O) groups excluding carboxylic acids is 1. The van der Waals surface area contributed by atoms with Gasteiger partial charge in [-0.05, 0) is 49.3 Å². The average molecular weight is 350 g/mol. The minimum absolute atomic E-state index is 0.0125. The Morgan fingerprint density at radius 1 is 1.15 bits per heavy atom. The van der Waals surface area contributed by atoms with E-state index in [1.54, 1.807) is 12.3 Å². The molecule has 136 valence electrons. The highest BCUT2D eigenvalue weighted by Gasteiger charge is 2.22. The first-order chi connectivity index (χ1) is 12.6. The van der Waals surface area contributed by atoms with Crippen molar-refractivity contribution in [2.45, 2.75) is 32.1 Å². The summed E-state index contributed by atoms with van der Waals surface area (Å²) in [6.45, 7) is 1.71. The molecule has 0 bridgehead atoms. The number of pyridine rings is 1. The predicted molar refractivity (Wildman–Crippen MR) is 103 cm³/mol. The number of aromatic nitrogens is 1. The highest BCUT2D eigenvalue weighted by Crippen LogP contribution is 2.22. The van der Waals surface area contributed by atoms with E-state index in [1.165, 1.54) is 5.56 Å². The molecule has 1 aliphatic rings. The fourth-order valence-electron chi connectivity index (χ4n) is 3.46. The largest absolute Gasteiger partial charge is 0.384 e. The molecule has 5 nitrogen and oxygen atoms in total. The van der Waals surface area contributed by atoms with Gasteiger partial charge >= 0.3 is 0 Å². The molecule has 1 fully saturated rings. The summed E-state index contributed by atoms with van der Waals surface area (Å²) in [4.78, 5) is 18.7. The molecular formula is C21H26N4O. The highest BCUT2D eigenvalue weighted by atomic mass is 16.2. The van der Waals surface area contributed by atoms with E-state index in [0.717, 1.165) is 38.0 Å². The lowest BCUT2D eigenvalue weighted by atomic mass is 9.90. The quantitative estimate of drug-likeness (QED) is 0.621. The van der Waals surface area contributed by atoms with Gasteiger partial charge in [0.2, 0.25) is 5.91 Å². The maximum Gasteiger partial charge on any atom is 0.222 e. The molecule has 0 radical (unpaired) electrons. The van der Waals surface area contributed by atoms with Crippen molar-refractivity contribution in [3.05, 3.63) is 65.5 Å². The van der Waals surface area contributed by atoms with E-state index in [9.17, 15) is 4.79 Å². The van der Waals surface area contributed by atoms with Crippen molar-refractivity contribution < 1.29 is 4.79 Å². The Bertz CT molecular complexity index is 734. The first kappa shape index (κ1) is 18.1. The van der Waals surface area contributed by atoms with E-state index in [0.29, 0.717) is 24.3 Å². The second kappa shape index (κ2) is 8.61. The number of nitrogens with two attached hydrogens (primary N) is 1. The summed E-state index contributed by atoms with van der Waals surface area (Å²) in [6.07, 6.45) is 5.96. The molecule has 0 atom stereocenters. The van der Waals surface area contributed by atoms with Gasteiger partial charge in [0.1, 0.15) is 5.84 Å². The Morgan fingerprint density at radius 3 is 2.50 bits per heavy atom. The summed E-state index contributed by atoms with van der Waals surface area (Å²) in [6, 6.07) is 14.2. The number of aryl methyl sites for hydroxylation is 1. The second-order valence-corrected chi connectivity index (χ2v) is 6.97. The number of nitrogens with zero attached hydrogens (tertiary/aromatic N) is 2. The number of benzene rings is 1. The maximum atomic E-state index is 12.5. The van der Waals surface area contributed by atoms with Crippen LogP contribution in [0, 0.1) is 11.3 Å². The first-order valence-corrected chi connectivity index (χ1v) is 9.23. The van der Waals surface area contributed by atoms with Crippen LogP contribution in [0.25, 0.3) is 0 Å². The van der Waals surface area contributed by atoms with Gasteiger partial charge in [0.05, 0.1) is 0 Å². The topological polar surface area (TPSA) is 83.1 Å². The number of amidine groups is 1. The number of amides is 1. The molecule has 1 aromatic heterocycles. The smallest absolute Gasteiger partial charge is 0.222 e. The zero-order valence-electron chi connectivity index (χ0n) is 15.0. The molecular weight excluding hydrogens is 324 g/mol. The molecule has 0 spiro atoms. The number of carbonyl (C=O) groups is 1. The van der Waals surface area contributed by atoms with E-state index in [1.807, 2.05) is 17.0 Å². The molecule has 1 aliphatic heterocycles. The molecule has 5 heteroatoms. The third-order valence-corrected chi connectivity index (χ3v) is 5.07. The van der Waals surface area contributed by atoms with Gasteiger partial charge in [-0.25, -0.2) is 0 Å². The molecule has 2 aromatic rings. The van der Waals surface area contributed by atoms with Gasteiger partial charge in [-0.1, -0.05) is 30.3 Å².